The van der Waals surface area contributed by atoms with Crippen molar-refractivity contribution >= 4 is 17.5 Å². The van der Waals surface area contributed by atoms with Gasteiger partial charge in [0.25, 0.3) is 5.91 Å². The minimum atomic E-state index is -0.000460. The molecule has 0 unspecified atom stereocenters. The summed E-state index contributed by atoms with van der Waals surface area (Å²) in [6, 6.07) is 3.58. The lowest BCUT2D eigenvalue weighted by atomic mass is 10.1. The number of rotatable bonds is 4. The van der Waals surface area contributed by atoms with Crippen LogP contribution in [0.3, 0.4) is 0 Å². The Morgan fingerprint density at radius 2 is 2.10 bits per heavy atom. The highest BCUT2D eigenvalue weighted by Crippen LogP contribution is 2.28. The standard InChI is InChI=1S/C15H21ClN2O2/c1-3-8-20-14-9-11(2)13(16)10-12(14)15(19)18-6-4-17-5-7-18/h9-10,17H,3-8H2,1-2H3. The fourth-order valence-electron chi connectivity index (χ4n) is 2.19. The summed E-state index contributed by atoms with van der Waals surface area (Å²) in [5.41, 5.74) is 1.49. The summed E-state index contributed by atoms with van der Waals surface area (Å²) in [5, 5.41) is 3.84. The van der Waals surface area contributed by atoms with Gasteiger partial charge in [-0.05, 0) is 31.0 Å². The molecule has 5 heteroatoms. The molecular formula is C15H21ClN2O2. The number of nitrogens with one attached hydrogen (secondary N) is 1. The van der Waals surface area contributed by atoms with Crippen molar-refractivity contribution in [2.75, 3.05) is 32.8 Å². The fourth-order valence-corrected chi connectivity index (χ4v) is 2.36. The first-order valence-corrected chi connectivity index (χ1v) is 7.44. The minimum absolute atomic E-state index is 0.000460. The molecule has 1 aliphatic heterocycles. The Balaban J connectivity index is 2.27. The Morgan fingerprint density at radius 1 is 1.40 bits per heavy atom. The van der Waals surface area contributed by atoms with Gasteiger partial charge < -0.3 is 15.0 Å². The predicted octanol–water partition coefficient (Wildman–Crippen LogP) is 2.48. The number of carbonyl (C=O) groups excluding carboxylic acids is 1. The molecule has 0 saturated carbocycles. The number of ether oxygens (including phenoxy) is 1. The molecule has 1 saturated heterocycles. The predicted molar refractivity (Wildman–Crippen MR) is 80.7 cm³/mol. The first-order valence-electron chi connectivity index (χ1n) is 7.06. The van der Waals surface area contributed by atoms with Crippen LogP contribution in [0.1, 0.15) is 29.3 Å². The second-order valence-electron chi connectivity index (χ2n) is 4.99. The summed E-state index contributed by atoms with van der Waals surface area (Å²) in [6.45, 7) is 7.66. The van der Waals surface area contributed by atoms with Crippen molar-refractivity contribution in [2.24, 2.45) is 0 Å². The molecule has 20 heavy (non-hydrogen) atoms. The number of hydrogen-bond acceptors (Lipinski definition) is 3. The summed E-state index contributed by atoms with van der Waals surface area (Å²) in [6.07, 6.45) is 0.906. The molecule has 0 aromatic heterocycles. The van der Waals surface area contributed by atoms with Gasteiger partial charge in [-0.15, -0.1) is 0 Å². The van der Waals surface area contributed by atoms with Gasteiger partial charge in [-0.1, -0.05) is 18.5 Å². The highest BCUT2D eigenvalue weighted by Gasteiger charge is 2.22. The van der Waals surface area contributed by atoms with E-state index in [-0.39, 0.29) is 5.91 Å². The van der Waals surface area contributed by atoms with Gasteiger partial charge in [0.05, 0.1) is 12.2 Å². The highest BCUT2D eigenvalue weighted by molar-refractivity contribution is 6.31. The molecule has 1 heterocycles. The first-order chi connectivity index (χ1) is 9.63. The van der Waals surface area contributed by atoms with Crippen LogP contribution in [0.2, 0.25) is 5.02 Å². The Hall–Kier alpha value is -1.26. The number of aryl methyl sites for hydroxylation is 1. The fraction of sp³-hybridized carbons (Fsp3) is 0.533. The van der Waals surface area contributed by atoms with E-state index in [1.165, 1.54) is 0 Å². The third kappa shape index (κ3) is 3.44. The van der Waals surface area contributed by atoms with E-state index in [2.05, 4.69) is 5.32 Å². The number of carbonyl (C=O) groups is 1. The normalized spacial score (nSPS) is 15.2. The maximum Gasteiger partial charge on any atom is 0.257 e. The number of piperazine rings is 1. The molecule has 1 fully saturated rings. The smallest absolute Gasteiger partial charge is 0.257 e. The van der Waals surface area contributed by atoms with Gasteiger partial charge in [-0.25, -0.2) is 0 Å². The number of nitrogens with zero attached hydrogens (tertiary/aromatic N) is 1. The lowest BCUT2D eigenvalue weighted by molar-refractivity contribution is 0.0731. The van der Waals surface area contributed by atoms with Crippen LogP contribution in [0, 0.1) is 6.92 Å². The zero-order chi connectivity index (χ0) is 14.5. The second kappa shape index (κ2) is 6.95. The van der Waals surface area contributed by atoms with Gasteiger partial charge in [-0.2, -0.15) is 0 Å². The molecule has 0 aliphatic carbocycles. The second-order valence-corrected chi connectivity index (χ2v) is 5.40. The van der Waals surface area contributed by atoms with Crippen LogP contribution in [0.25, 0.3) is 0 Å². The van der Waals surface area contributed by atoms with Gasteiger partial charge in [0, 0.05) is 31.2 Å². The van der Waals surface area contributed by atoms with E-state index in [1.807, 2.05) is 24.8 Å². The molecule has 1 amide bonds. The minimum Gasteiger partial charge on any atom is -0.493 e. The SMILES string of the molecule is CCCOc1cc(C)c(Cl)cc1C(=O)N1CCNCC1. The molecule has 0 radical (unpaired) electrons. The molecule has 1 aromatic rings. The number of hydrogen-bond donors (Lipinski definition) is 1. The molecule has 1 aromatic carbocycles. The van der Waals surface area contributed by atoms with Crippen molar-refractivity contribution < 1.29 is 9.53 Å². The molecule has 2 rings (SSSR count). The number of amides is 1. The first kappa shape index (κ1) is 15.1. The van der Waals surface area contributed by atoms with E-state index in [9.17, 15) is 4.79 Å². The van der Waals surface area contributed by atoms with Crippen molar-refractivity contribution in [3.05, 3.63) is 28.3 Å². The van der Waals surface area contributed by atoms with Crippen molar-refractivity contribution in [1.29, 1.82) is 0 Å². The Morgan fingerprint density at radius 3 is 2.75 bits per heavy atom. The third-order valence-electron chi connectivity index (χ3n) is 3.36. The third-order valence-corrected chi connectivity index (χ3v) is 3.76. The van der Waals surface area contributed by atoms with Crippen molar-refractivity contribution in [1.82, 2.24) is 10.2 Å². The Kier molecular flexibility index (Phi) is 5.26. The average Bonchev–Trinajstić information content (AvgIpc) is 2.48. The molecule has 0 atom stereocenters. The van der Waals surface area contributed by atoms with Crippen molar-refractivity contribution in [2.45, 2.75) is 20.3 Å². The largest absolute Gasteiger partial charge is 0.493 e. The van der Waals surface area contributed by atoms with Crippen LogP contribution in [0.15, 0.2) is 12.1 Å². The molecule has 1 N–H and O–H groups in total. The van der Waals surface area contributed by atoms with Crippen LogP contribution >= 0.6 is 11.6 Å². The summed E-state index contributed by atoms with van der Waals surface area (Å²) in [4.78, 5) is 14.5. The average molecular weight is 297 g/mol. The van der Waals surface area contributed by atoms with Crippen LogP contribution < -0.4 is 10.1 Å². The van der Waals surface area contributed by atoms with Crippen molar-refractivity contribution in [3.8, 4) is 5.75 Å². The summed E-state index contributed by atoms with van der Waals surface area (Å²) in [5.74, 6) is 0.636. The molecule has 4 nitrogen and oxygen atoms in total. The van der Waals surface area contributed by atoms with Crippen LogP contribution in [0.4, 0.5) is 0 Å². The zero-order valence-corrected chi connectivity index (χ0v) is 12.8. The van der Waals surface area contributed by atoms with E-state index >= 15 is 0 Å². The topological polar surface area (TPSA) is 41.6 Å². The van der Waals surface area contributed by atoms with Crippen LogP contribution in [-0.4, -0.2) is 43.6 Å². The Bertz CT molecular complexity index is 485. The lowest BCUT2D eigenvalue weighted by Gasteiger charge is -2.28. The van der Waals surface area contributed by atoms with Gasteiger partial charge >= 0.3 is 0 Å². The van der Waals surface area contributed by atoms with Gasteiger partial charge in [0.2, 0.25) is 0 Å². The number of halogens is 1. The van der Waals surface area contributed by atoms with Crippen LogP contribution in [0.5, 0.6) is 5.75 Å². The zero-order valence-electron chi connectivity index (χ0n) is 12.0. The monoisotopic (exact) mass is 296 g/mol. The maximum atomic E-state index is 12.6. The van der Waals surface area contributed by atoms with E-state index in [0.29, 0.717) is 22.9 Å². The van der Waals surface area contributed by atoms with E-state index < -0.39 is 0 Å². The molecule has 0 spiro atoms. The molecular weight excluding hydrogens is 276 g/mol. The summed E-state index contributed by atoms with van der Waals surface area (Å²) >= 11 is 6.16. The number of benzene rings is 1. The van der Waals surface area contributed by atoms with E-state index in [0.717, 1.165) is 38.2 Å². The van der Waals surface area contributed by atoms with Gasteiger partial charge in [0.15, 0.2) is 0 Å². The molecule has 110 valence electrons. The van der Waals surface area contributed by atoms with Crippen molar-refractivity contribution in [3.63, 3.8) is 0 Å². The lowest BCUT2D eigenvalue weighted by Crippen LogP contribution is -2.46. The molecule has 1 aliphatic rings. The summed E-state index contributed by atoms with van der Waals surface area (Å²) in [7, 11) is 0. The maximum absolute atomic E-state index is 12.6. The Labute approximate surface area is 125 Å². The van der Waals surface area contributed by atoms with E-state index in [4.69, 9.17) is 16.3 Å². The summed E-state index contributed by atoms with van der Waals surface area (Å²) < 4.78 is 5.71. The van der Waals surface area contributed by atoms with Gasteiger partial charge in [-0.3, -0.25) is 4.79 Å². The van der Waals surface area contributed by atoms with E-state index in [1.54, 1.807) is 6.07 Å². The highest BCUT2D eigenvalue weighted by atomic mass is 35.5. The van der Waals surface area contributed by atoms with Gasteiger partial charge in [0.1, 0.15) is 5.75 Å². The van der Waals surface area contributed by atoms with Crippen LogP contribution in [-0.2, 0) is 0 Å². The quantitative estimate of drug-likeness (QED) is 0.928. The molecule has 0 bridgehead atoms.